The minimum Gasteiger partial charge on any atom is -0.320 e. The smallest absolute Gasteiger partial charge is 0.131 e. The number of halogens is 4. The fourth-order valence-corrected chi connectivity index (χ4v) is 3.06. The van der Waals surface area contributed by atoms with Gasteiger partial charge in [-0.25, -0.2) is 8.78 Å². The molecule has 2 aromatic rings. The molecule has 2 N–H and O–H groups in total. The molecule has 0 amide bonds. The van der Waals surface area contributed by atoms with Crippen LogP contribution in [-0.2, 0) is 0 Å². The first-order chi connectivity index (χ1) is 8.49. The Labute approximate surface area is 120 Å². The molecule has 0 saturated carbocycles. The lowest BCUT2D eigenvalue weighted by molar-refractivity contribution is 0.543. The van der Waals surface area contributed by atoms with Crippen LogP contribution in [0.2, 0.25) is 0 Å². The summed E-state index contributed by atoms with van der Waals surface area (Å²) in [4.78, 5) is 0. The molecular formula is C13H9Br2F2N. The average molecular weight is 377 g/mol. The van der Waals surface area contributed by atoms with Gasteiger partial charge in [-0.3, -0.25) is 0 Å². The van der Waals surface area contributed by atoms with Crippen molar-refractivity contribution in [2.75, 3.05) is 0 Å². The number of rotatable bonds is 2. The van der Waals surface area contributed by atoms with Crippen molar-refractivity contribution in [1.29, 1.82) is 0 Å². The Morgan fingerprint density at radius 2 is 1.44 bits per heavy atom. The van der Waals surface area contributed by atoms with Crippen LogP contribution in [0, 0.1) is 11.6 Å². The van der Waals surface area contributed by atoms with Gasteiger partial charge in [-0.2, -0.15) is 0 Å². The van der Waals surface area contributed by atoms with Crippen molar-refractivity contribution in [2.45, 2.75) is 6.04 Å². The van der Waals surface area contributed by atoms with Gasteiger partial charge in [-0.1, -0.05) is 37.9 Å². The van der Waals surface area contributed by atoms with Crippen LogP contribution in [0.3, 0.4) is 0 Å². The number of benzene rings is 2. The molecule has 0 aliphatic rings. The van der Waals surface area contributed by atoms with Gasteiger partial charge in [0.15, 0.2) is 0 Å². The molecule has 1 nitrogen and oxygen atoms in total. The van der Waals surface area contributed by atoms with E-state index in [1.54, 1.807) is 12.1 Å². The lowest BCUT2D eigenvalue weighted by Gasteiger charge is -2.15. The van der Waals surface area contributed by atoms with E-state index in [4.69, 9.17) is 5.73 Å². The molecule has 0 spiro atoms. The molecule has 0 saturated heterocycles. The number of hydrogen-bond donors (Lipinski definition) is 1. The second-order valence-electron chi connectivity index (χ2n) is 3.82. The van der Waals surface area contributed by atoms with Crippen molar-refractivity contribution in [3.8, 4) is 0 Å². The van der Waals surface area contributed by atoms with Crippen LogP contribution in [0.25, 0.3) is 0 Å². The highest BCUT2D eigenvalue weighted by Crippen LogP contribution is 2.29. The lowest BCUT2D eigenvalue weighted by atomic mass is 9.99. The van der Waals surface area contributed by atoms with Crippen molar-refractivity contribution < 1.29 is 8.78 Å². The normalized spacial score (nSPS) is 12.5. The van der Waals surface area contributed by atoms with Gasteiger partial charge in [0.05, 0.1) is 6.04 Å². The Morgan fingerprint density at radius 1 is 0.944 bits per heavy atom. The van der Waals surface area contributed by atoms with Crippen molar-refractivity contribution in [1.82, 2.24) is 0 Å². The van der Waals surface area contributed by atoms with Crippen LogP contribution in [0.5, 0.6) is 0 Å². The maximum atomic E-state index is 13.6. The van der Waals surface area contributed by atoms with E-state index in [0.717, 1.165) is 8.95 Å². The molecule has 2 rings (SSSR count). The summed E-state index contributed by atoms with van der Waals surface area (Å²) in [5.41, 5.74) is 6.44. The van der Waals surface area contributed by atoms with Crippen molar-refractivity contribution >= 4 is 31.9 Å². The SMILES string of the molecule is NC(c1cc(Br)cc(Br)c1)c1c(F)cccc1F. The molecule has 0 aliphatic carbocycles. The van der Waals surface area contributed by atoms with Crippen molar-refractivity contribution in [2.24, 2.45) is 5.73 Å². The first-order valence-electron chi connectivity index (χ1n) is 5.14. The molecule has 0 aromatic heterocycles. The van der Waals surface area contributed by atoms with Gasteiger partial charge in [0.25, 0.3) is 0 Å². The van der Waals surface area contributed by atoms with E-state index < -0.39 is 17.7 Å². The van der Waals surface area contributed by atoms with Gasteiger partial charge in [-0.15, -0.1) is 0 Å². The molecule has 1 unspecified atom stereocenters. The van der Waals surface area contributed by atoms with E-state index in [2.05, 4.69) is 31.9 Å². The summed E-state index contributed by atoms with van der Waals surface area (Å²) in [6.45, 7) is 0. The maximum Gasteiger partial charge on any atom is 0.131 e. The fraction of sp³-hybridized carbons (Fsp3) is 0.0769. The minimum absolute atomic E-state index is 0.123. The zero-order valence-electron chi connectivity index (χ0n) is 9.13. The van der Waals surface area contributed by atoms with E-state index in [9.17, 15) is 8.78 Å². The Kier molecular flexibility index (Phi) is 4.14. The summed E-state index contributed by atoms with van der Waals surface area (Å²) in [5, 5.41) is 0. The third-order valence-corrected chi connectivity index (χ3v) is 3.47. The molecule has 1 atom stereocenters. The van der Waals surface area contributed by atoms with E-state index in [1.807, 2.05) is 6.07 Å². The molecule has 0 fully saturated rings. The highest BCUT2D eigenvalue weighted by Gasteiger charge is 2.18. The summed E-state index contributed by atoms with van der Waals surface area (Å²) in [7, 11) is 0. The molecule has 0 radical (unpaired) electrons. The first-order valence-corrected chi connectivity index (χ1v) is 6.73. The Hall–Kier alpha value is -0.780. The molecule has 5 heteroatoms. The Morgan fingerprint density at radius 3 is 1.94 bits per heavy atom. The largest absolute Gasteiger partial charge is 0.320 e. The number of nitrogens with two attached hydrogens (primary N) is 1. The maximum absolute atomic E-state index is 13.6. The van der Waals surface area contributed by atoms with E-state index in [0.29, 0.717) is 5.56 Å². The van der Waals surface area contributed by atoms with Gasteiger partial charge >= 0.3 is 0 Å². The second kappa shape index (κ2) is 5.47. The highest BCUT2D eigenvalue weighted by atomic mass is 79.9. The van der Waals surface area contributed by atoms with Gasteiger partial charge in [-0.05, 0) is 35.9 Å². The van der Waals surface area contributed by atoms with Crippen LogP contribution in [0.15, 0.2) is 45.3 Å². The highest BCUT2D eigenvalue weighted by molar-refractivity contribution is 9.11. The van der Waals surface area contributed by atoms with Crippen molar-refractivity contribution in [3.63, 3.8) is 0 Å². The molecule has 18 heavy (non-hydrogen) atoms. The van der Waals surface area contributed by atoms with Crippen LogP contribution >= 0.6 is 31.9 Å². The lowest BCUT2D eigenvalue weighted by Crippen LogP contribution is -2.15. The average Bonchev–Trinajstić information content (AvgIpc) is 2.27. The zero-order chi connectivity index (χ0) is 13.3. The van der Waals surface area contributed by atoms with Gasteiger partial charge in [0.1, 0.15) is 11.6 Å². The van der Waals surface area contributed by atoms with Gasteiger partial charge < -0.3 is 5.73 Å². The third kappa shape index (κ3) is 2.79. The third-order valence-electron chi connectivity index (χ3n) is 2.55. The molecular weight excluding hydrogens is 368 g/mol. The predicted molar refractivity (Wildman–Crippen MR) is 74.2 cm³/mol. The summed E-state index contributed by atoms with van der Waals surface area (Å²) < 4.78 is 28.9. The van der Waals surface area contributed by atoms with Crippen molar-refractivity contribution in [3.05, 3.63) is 68.1 Å². The number of hydrogen-bond acceptors (Lipinski definition) is 1. The van der Waals surface area contributed by atoms with Gasteiger partial charge in [0, 0.05) is 14.5 Å². The van der Waals surface area contributed by atoms with E-state index in [-0.39, 0.29) is 5.56 Å². The topological polar surface area (TPSA) is 26.0 Å². The monoisotopic (exact) mass is 375 g/mol. The summed E-state index contributed by atoms with van der Waals surface area (Å²) in [6.07, 6.45) is 0. The first kappa shape index (κ1) is 13.6. The minimum atomic E-state index is -0.847. The predicted octanol–water partition coefficient (Wildman–Crippen LogP) is 4.54. The Bertz CT molecular complexity index is 547. The van der Waals surface area contributed by atoms with Crippen LogP contribution < -0.4 is 5.73 Å². The van der Waals surface area contributed by atoms with E-state index >= 15 is 0 Å². The standard InChI is InChI=1S/C13H9Br2F2N/c14-8-4-7(5-9(15)6-8)13(18)12-10(16)2-1-3-11(12)17/h1-6,13H,18H2. The zero-order valence-corrected chi connectivity index (χ0v) is 12.3. The van der Waals surface area contributed by atoms with Crippen LogP contribution in [-0.4, -0.2) is 0 Å². The van der Waals surface area contributed by atoms with Crippen LogP contribution in [0.4, 0.5) is 8.78 Å². The van der Waals surface area contributed by atoms with Gasteiger partial charge in [0.2, 0.25) is 0 Å². The summed E-state index contributed by atoms with van der Waals surface area (Å²) in [6, 6.07) is 8.17. The fourth-order valence-electron chi connectivity index (χ4n) is 1.73. The second-order valence-corrected chi connectivity index (χ2v) is 5.65. The van der Waals surface area contributed by atoms with Crippen LogP contribution in [0.1, 0.15) is 17.2 Å². The molecule has 2 aromatic carbocycles. The molecule has 0 aliphatic heterocycles. The summed E-state index contributed by atoms with van der Waals surface area (Å²) >= 11 is 6.64. The molecule has 0 heterocycles. The van der Waals surface area contributed by atoms with E-state index in [1.165, 1.54) is 18.2 Å². The quantitative estimate of drug-likeness (QED) is 0.818. The summed E-state index contributed by atoms with van der Waals surface area (Å²) in [5.74, 6) is -1.28. The Balaban J connectivity index is 2.51. The molecule has 94 valence electrons. The molecule has 0 bridgehead atoms.